The second kappa shape index (κ2) is 11.7. The predicted octanol–water partition coefficient (Wildman–Crippen LogP) is 2.44. The molecule has 9 nitrogen and oxygen atoms in total. The van der Waals surface area contributed by atoms with Crippen LogP contribution in [0.1, 0.15) is 47.8 Å². The summed E-state index contributed by atoms with van der Waals surface area (Å²) in [7, 11) is 0. The van der Waals surface area contributed by atoms with Crippen molar-refractivity contribution in [2.45, 2.75) is 44.0 Å². The molecule has 0 aliphatic carbocycles. The molecule has 0 atom stereocenters. The number of nitrogens with one attached hydrogen (secondary N) is 2. The molecule has 2 amide bonds. The fraction of sp³-hybridized carbons (Fsp3) is 0.545. The fourth-order valence-corrected chi connectivity index (χ4v) is 4.15. The molecule has 3 heterocycles. The van der Waals surface area contributed by atoms with Gasteiger partial charge >= 0.3 is 6.18 Å². The number of likely N-dealkylation sites (tertiary alicyclic amines) is 1. The average molecular weight is 517 g/mol. The van der Waals surface area contributed by atoms with E-state index in [0.717, 1.165) is 38.1 Å². The average Bonchev–Trinajstić information content (AvgIpc) is 3.34. The van der Waals surface area contributed by atoms with E-state index >= 15 is 0 Å². The van der Waals surface area contributed by atoms with Crippen molar-refractivity contribution < 1.29 is 27.5 Å². The van der Waals surface area contributed by atoms with Gasteiger partial charge in [0.15, 0.2) is 5.69 Å². The predicted molar refractivity (Wildman–Crippen MR) is 122 cm³/mol. The van der Waals surface area contributed by atoms with Gasteiger partial charge in [-0.25, -0.2) is 4.68 Å². The molecule has 0 spiro atoms. The Balaban J connectivity index is 0.00000342. The first-order valence-electron chi connectivity index (χ1n) is 11.3. The number of piperidine rings is 2. The number of alkyl halides is 3. The highest BCUT2D eigenvalue weighted by Gasteiger charge is 2.31. The number of aromatic nitrogens is 3. The van der Waals surface area contributed by atoms with E-state index in [9.17, 15) is 22.8 Å². The molecule has 35 heavy (non-hydrogen) atoms. The Morgan fingerprint density at radius 1 is 1.14 bits per heavy atom. The van der Waals surface area contributed by atoms with E-state index in [1.165, 1.54) is 12.1 Å². The first kappa shape index (κ1) is 26.7. The Bertz CT molecular complexity index is 1000. The Kier molecular flexibility index (Phi) is 8.95. The van der Waals surface area contributed by atoms with Gasteiger partial charge in [0.05, 0.1) is 24.3 Å². The first-order valence-corrected chi connectivity index (χ1v) is 11.3. The van der Waals surface area contributed by atoms with E-state index in [1.807, 2.05) is 0 Å². The van der Waals surface area contributed by atoms with Crippen LogP contribution in [0.2, 0.25) is 0 Å². The number of carbonyl (C=O) groups is 2. The smallest absolute Gasteiger partial charge is 0.416 e. The SMILES string of the molecule is Cl.O=C(NCC(=O)N1CCC(Oc2cccc(C(F)(F)F)c2)CC1)c1cn(C2CCNCC2)nn1. The molecular formula is C22H28ClF3N6O3. The topological polar surface area (TPSA) is 101 Å². The molecule has 192 valence electrons. The van der Waals surface area contributed by atoms with Crippen molar-refractivity contribution in [1.82, 2.24) is 30.5 Å². The molecule has 13 heteroatoms. The molecule has 2 aromatic rings. The number of amides is 2. The minimum atomic E-state index is -4.43. The summed E-state index contributed by atoms with van der Waals surface area (Å²) >= 11 is 0. The minimum Gasteiger partial charge on any atom is -0.490 e. The van der Waals surface area contributed by atoms with Gasteiger partial charge in [-0.2, -0.15) is 13.2 Å². The van der Waals surface area contributed by atoms with Gasteiger partial charge in [0, 0.05) is 25.9 Å². The van der Waals surface area contributed by atoms with Crippen LogP contribution in [0, 0.1) is 0 Å². The Morgan fingerprint density at radius 2 is 1.86 bits per heavy atom. The molecule has 2 aliphatic heterocycles. The largest absolute Gasteiger partial charge is 0.490 e. The van der Waals surface area contributed by atoms with E-state index in [0.29, 0.717) is 25.9 Å². The third-order valence-corrected chi connectivity index (χ3v) is 6.08. The number of hydrogen-bond donors (Lipinski definition) is 2. The van der Waals surface area contributed by atoms with Gasteiger partial charge in [0.1, 0.15) is 11.9 Å². The van der Waals surface area contributed by atoms with E-state index in [-0.39, 0.29) is 48.4 Å². The highest BCUT2D eigenvalue weighted by atomic mass is 35.5. The highest BCUT2D eigenvalue weighted by Crippen LogP contribution is 2.32. The first-order chi connectivity index (χ1) is 16.3. The van der Waals surface area contributed by atoms with Crippen LogP contribution in [0.4, 0.5) is 13.2 Å². The van der Waals surface area contributed by atoms with Gasteiger partial charge < -0.3 is 20.3 Å². The number of halogens is 4. The fourth-order valence-electron chi connectivity index (χ4n) is 4.15. The number of rotatable bonds is 6. The zero-order valence-corrected chi connectivity index (χ0v) is 19.8. The molecule has 4 rings (SSSR count). The second-order valence-electron chi connectivity index (χ2n) is 8.47. The Labute approximate surface area is 206 Å². The summed E-state index contributed by atoms with van der Waals surface area (Å²) in [6.45, 7) is 2.40. The lowest BCUT2D eigenvalue weighted by Gasteiger charge is -2.32. The van der Waals surface area contributed by atoms with Crippen LogP contribution < -0.4 is 15.4 Å². The quantitative estimate of drug-likeness (QED) is 0.611. The van der Waals surface area contributed by atoms with Crippen LogP contribution in [0.3, 0.4) is 0 Å². The van der Waals surface area contributed by atoms with Gasteiger partial charge in [0.2, 0.25) is 5.91 Å². The number of nitrogens with zero attached hydrogens (tertiary/aromatic N) is 4. The molecule has 2 N–H and O–H groups in total. The van der Waals surface area contributed by atoms with Crippen molar-refractivity contribution in [3.8, 4) is 5.75 Å². The van der Waals surface area contributed by atoms with Gasteiger partial charge in [-0.15, -0.1) is 17.5 Å². The molecule has 0 bridgehead atoms. The molecule has 0 unspecified atom stereocenters. The van der Waals surface area contributed by atoms with Crippen molar-refractivity contribution in [2.75, 3.05) is 32.7 Å². The van der Waals surface area contributed by atoms with Crippen LogP contribution in [0.25, 0.3) is 0 Å². The maximum Gasteiger partial charge on any atom is 0.416 e. The van der Waals surface area contributed by atoms with Crippen molar-refractivity contribution in [2.24, 2.45) is 0 Å². The van der Waals surface area contributed by atoms with Gasteiger partial charge in [-0.1, -0.05) is 11.3 Å². The van der Waals surface area contributed by atoms with Crippen molar-refractivity contribution in [3.63, 3.8) is 0 Å². The van der Waals surface area contributed by atoms with E-state index in [1.54, 1.807) is 15.8 Å². The summed E-state index contributed by atoms with van der Waals surface area (Å²) in [5, 5.41) is 13.8. The summed E-state index contributed by atoms with van der Waals surface area (Å²) in [5.41, 5.74) is -0.594. The lowest BCUT2D eigenvalue weighted by atomic mass is 10.1. The van der Waals surface area contributed by atoms with E-state index in [4.69, 9.17) is 4.74 Å². The Morgan fingerprint density at radius 3 is 2.54 bits per heavy atom. The third kappa shape index (κ3) is 7.07. The summed E-state index contributed by atoms with van der Waals surface area (Å²) in [6, 6.07) is 4.98. The van der Waals surface area contributed by atoms with E-state index in [2.05, 4.69) is 20.9 Å². The number of hydrogen-bond acceptors (Lipinski definition) is 6. The molecular weight excluding hydrogens is 489 g/mol. The maximum absolute atomic E-state index is 12.9. The zero-order valence-electron chi connectivity index (χ0n) is 19.0. The molecule has 2 saturated heterocycles. The minimum absolute atomic E-state index is 0. The van der Waals surface area contributed by atoms with Crippen molar-refractivity contribution in [1.29, 1.82) is 0 Å². The maximum atomic E-state index is 12.9. The van der Waals surface area contributed by atoms with Crippen LogP contribution in [0.15, 0.2) is 30.5 Å². The highest BCUT2D eigenvalue weighted by molar-refractivity contribution is 5.94. The normalized spacial score (nSPS) is 17.5. The summed E-state index contributed by atoms with van der Waals surface area (Å²) in [6.07, 6.45) is -0.312. The lowest BCUT2D eigenvalue weighted by molar-refractivity contribution is -0.138. The van der Waals surface area contributed by atoms with Gasteiger partial charge in [-0.05, 0) is 44.1 Å². The molecule has 2 aliphatic rings. The number of ether oxygens (including phenoxy) is 1. The monoisotopic (exact) mass is 516 g/mol. The summed E-state index contributed by atoms with van der Waals surface area (Å²) < 4.78 is 46.0. The third-order valence-electron chi connectivity index (χ3n) is 6.08. The van der Waals surface area contributed by atoms with Crippen LogP contribution in [-0.4, -0.2) is 70.5 Å². The number of benzene rings is 1. The summed E-state index contributed by atoms with van der Waals surface area (Å²) in [4.78, 5) is 26.5. The van der Waals surface area contributed by atoms with Crippen molar-refractivity contribution in [3.05, 3.63) is 41.7 Å². The summed E-state index contributed by atoms with van der Waals surface area (Å²) in [5.74, 6) is -0.544. The van der Waals surface area contributed by atoms with Gasteiger partial charge in [-0.3, -0.25) is 9.59 Å². The van der Waals surface area contributed by atoms with Gasteiger partial charge in [0.25, 0.3) is 5.91 Å². The molecule has 1 aromatic heterocycles. The van der Waals surface area contributed by atoms with Crippen LogP contribution in [0.5, 0.6) is 5.75 Å². The zero-order chi connectivity index (χ0) is 24.1. The second-order valence-corrected chi connectivity index (χ2v) is 8.47. The Hall–Kier alpha value is -2.86. The van der Waals surface area contributed by atoms with Crippen molar-refractivity contribution >= 4 is 24.2 Å². The van der Waals surface area contributed by atoms with Crippen LogP contribution >= 0.6 is 12.4 Å². The number of carbonyl (C=O) groups excluding carboxylic acids is 2. The van der Waals surface area contributed by atoms with E-state index < -0.39 is 17.6 Å². The molecule has 2 fully saturated rings. The standard InChI is InChI=1S/C22H27F3N6O3.ClH/c23-22(24,25)15-2-1-3-18(12-15)34-17-6-10-30(11-7-17)20(32)13-27-21(33)19-14-31(29-28-19)16-4-8-26-9-5-16;/h1-3,12,14,16-17,26H,4-11,13H2,(H,27,33);1H. The molecule has 0 saturated carbocycles. The lowest BCUT2D eigenvalue weighted by Crippen LogP contribution is -2.46. The molecule has 0 radical (unpaired) electrons. The van der Waals surface area contributed by atoms with Crippen LogP contribution in [-0.2, 0) is 11.0 Å². The molecule has 1 aromatic carbocycles.